The number of rotatable bonds is 1. The Bertz CT molecular complexity index is 168. The molecule has 0 aromatic carbocycles. The van der Waals surface area contributed by atoms with Crippen molar-refractivity contribution in [3.05, 3.63) is 7.05 Å². The molecule has 1 N–H and O–H groups in total. The van der Waals surface area contributed by atoms with Crippen LogP contribution in [0.1, 0.15) is 0 Å². The molecule has 41 valence electrons. The van der Waals surface area contributed by atoms with Crippen LogP contribution in [0.2, 0.25) is 0 Å². The lowest BCUT2D eigenvalue weighted by Crippen LogP contribution is -2.06. The van der Waals surface area contributed by atoms with Crippen molar-refractivity contribution in [2.45, 2.75) is 0 Å². The standard InChI is InChI=1S/C2H5N2O2S/c1-4(2)7(3,5)6/h3H,1-2H2. The predicted molar refractivity (Wildman–Crippen MR) is 24.3 cm³/mol. The van der Waals surface area contributed by atoms with Crippen molar-refractivity contribution in [2.75, 3.05) is 0 Å². The summed E-state index contributed by atoms with van der Waals surface area (Å²) in [5, 5.41) is 0. The summed E-state index contributed by atoms with van der Waals surface area (Å²) >= 11 is 0. The third kappa shape index (κ3) is 2.18. The fraction of sp³-hybridized carbons (Fsp3) is 0. The molecule has 0 bridgehead atoms. The van der Waals surface area contributed by atoms with Crippen LogP contribution in [0.15, 0.2) is 0 Å². The van der Waals surface area contributed by atoms with E-state index in [4.69, 9.17) is 4.78 Å². The van der Waals surface area contributed by atoms with E-state index >= 15 is 0 Å². The Kier molecular flexibility index (Phi) is 1.39. The van der Waals surface area contributed by atoms with E-state index in [0.717, 1.165) is 0 Å². The first-order valence-corrected chi connectivity index (χ1v) is 2.79. The van der Waals surface area contributed by atoms with Crippen molar-refractivity contribution < 1.29 is 12.7 Å². The molecule has 0 saturated heterocycles. The summed E-state index contributed by atoms with van der Waals surface area (Å²) in [6, 6.07) is 0. The first kappa shape index (κ1) is 6.45. The van der Waals surface area contributed by atoms with E-state index in [1.165, 1.54) is 0 Å². The Morgan fingerprint density at radius 1 is 1.86 bits per heavy atom. The highest BCUT2D eigenvalue weighted by molar-refractivity contribution is 7.80. The predicted octanol–water partition coefficient (Wildman–Crippen LogP) is -0.202. The molecule has 0 amide bonds. The van der Waals surface area contributed by atoms with Gasteiger partial charge < -0.3 is 0 Å². The smallest absolute Gasteiger partial charge is 0.251 e. The maximum Gasteiger partial charge on any atom is 0.397 e. The second-order valence-electron chi connectivity index (χ2n) is 0.957. The fourth-order valence-electron chi connectivity index (χ4n) is 0. The highest BCUT2D eigenvalue weighted by Crippen LogP contribution is 1.80. The summed E-state index contributed by atoms with van der Waals surface area (Å²) in [6.45, 7) is 2.86. The molecule has 1 unspecified atom stereocenters. The van der Waals surface area contributed by atoms with E-state index in [1.54, 1.807) is 0 Å². The maximum atomic E-state index is 9.80. The first-order valence-electron chi connectivity index (χ1n) is 1.35. The summed E-state index contributed by atoms with van der Waals surface area (Å²) in [4.78, 5) is 0. The number of hydrogen-bond donors (Lipinski definition) is 1. The van der Waals surface area contributed by atoms with Crippen LogP contribution >= 0.6 is 0 Å². The van der Waals surface area contributed by atoms with Gasteiger partial charge in [-0.1, -0.05) is 4.55 Å². The monoisotopic (exact) mass is 121 g/mol. The minimum Gasteiger partial charge on any atom is -0.251 e. The van der Waals surface area contributed by atoms with Crippen LogP contribution in [-0.2, 0) is 14.7 Å². The summed E-state index contributed by atoms with van der Waals surface area (Å²) in [5.41, 5.74) is 0. The number of nitrogens with one attached hydrogen (secondary N) is 1. The van der Waals surface area contributed by atoms with Crippen molar-refractivity contribution >= 4 is 16.9 Å². The van der Waals surface area contributed by atoms with Crippen LogP contribution < -0.4 is 0 Å². The minimum absolute atomic E-state index is 0.326. The van der Waals surface area contributed by atoms with E-state index < -0.39 is 10.2 Å². The average molecular weight is 121 g/mol. The van der Waals surface area contributed by atoms with Gasteiger partial charge in [-0.2, -0.15) is 8.99 Å². The molecule has 0 aliphatic heterocycles. The SMILES string of the molecule is C=[N+]([CH2-])S(=N)([O])=O. The van der Waals surface area contributed by atoms with Crippen LogP contribution in [0.3, 0.4) is 0 Å². The zero-order valence-corrected chi connectivity index (χ0v) is 4.40. The largest absolute Gasteiger partial charge is 0.397 e. The molecule has 0 fully saturated rings. The summed E-state index contributed by atoms with van der Waals surface area (Å²) in [6.07, 6.45) is 0. The molecule has 1 radical (unpaired) electrons. The molecule has 0 rings (SSSR count). The highest BCUT2D eigenvalue weighted by atomic mass is 32.2. The molecule has 0 heterocycles. The van der Waals surface area contributed by atoms with Gasteiger partial charge in [0.1, 0.15) is 0 Å². The van der Waals surface area contributed by atoms with Crippen LogP contribution in [-0.4, -0.2) is 14.9 Å². The second-order valence-corrected chi connectivity index (χ2v) is 2.42. The third-order valence-corrected chi connectivity index (χ3v) is 1.02. The van der Waals surface area contributed by atoms with Gasteiger partial charge in [-0.3, -0.25) is 3.98 Å². The van der Waals surface area contributed by atoms with Crippen LogP contribution in [0.25, 0.3) is 0 Å². The summed E-state index contributed by atoms with van der Waals surface area (Å²) < 4.78 is 26.1. The summed E-state index contributed by atoms with van der Waals surface area (Å²) in [7, 11) is -1.02. The van der Waals surface area contributed by atoms with Crippen molar-refractivity contribution in [2.24, 2.45) is 0 Å². The van der Waals surface area contributed by atoms with E-state index in [9.17, 15) is 8.76 Å². The Balaban J connectivity index is 4.43. The molecular formula is C2H5N2O2S. The van der Waals surface area contributed by atoms with Crippen molar-refractivity contribution in [1.82, 2.24) is 0 Å². The highest BCUT2D eigenvalue weighted by Gasteiger charge is 2.01. The molecular weight excluding hydrogens is 116 g/mol. The zero-order valence-electron chi connectivity index (χ0n) is 3.59. The average Bonchev–Trinajstić information content (AvgIpc) is 1.31. The zero-order chi connectivity index (χ0) is 6.08. The minimum atomic E-state index is -3.88. The van der Waals surface area contributed by atoms with Gasteiger partial charge in [0.2, 0.25) is 0 Å². The van der Waals surface area contributed by atoms with Gasteiger partial charge in [0, 0.05) is 13.8 Å². The number of hydrogen-bond acceptors (Lipinski definition) is 2. The van der Waals surface area contributed by atoms with Gasteiger partial charge in [0.15, 0.2) is 0 Å². The van der Waals surface area contributed by atoms with Crippen LogP contribution in [0.4, 0.5) is 0 Å². The van der Waals surface area contributed by atoms with Gasteiger partial charge in [-0.25, -0.2) is 0 Å². The van der Waals surface area contributed by atoms with Crippen LogP contribution in [0.5, 0.6) is 0 Å². The van der Waals surface area contributed by atoms with Crippen molar-refractivity contribution in [3.63, 3.8) is 0 Å². The molecule has 0 saturated carbocycles. The quantitative estimate of drug-likeness (QED) is 0.291. The first-order chi connectivity index (χ1) is 2.94. The lowest BCUT2D eigenvalue weighted by Gasteiger charge is -1.89. The summed E-state index contributed by atoms with van der Waals surface area (Å²) in [5.74, 6) is 0. The molecule has 1 atom stereocenters. The van der Waals surface area contributed by atoms with Gasteiger partial charge in [-0.15, -0.1) is 0 Å². The molecule has 0 aromatic heterocycles. The van der Waals surface area contributed by atoms with Gasteiger partial charge in [0.25, 0.3) is 0 Å². The Labute approximate surface area is 42.4 Å². The Morgan fingerprint density at radius 2 is 2.00 bits per heavy atom. The lowest BCUT2D eigenvalue weighted by molar-refractivity contribution is -0.286. The van der Waals surface area contributed by atoms with Gasteiger partial charge in [0.05, 0.1) is 0 Å². The van der Waals surface area contributed by atoms with Crippen molar-refractivity contribution in [3.8, 4) is 0 Å². The van der Waals surface area contributed by atoms with E-state index in [-0.39, 0.29) is 0 Å². The van der Waals surface area contributed by atoms with Gasteiger partial charge >= 0.3 is 10.2 Å². The van der Waals surface area contributed by atoms with E-state index in [0.29, 0.717) is 3.98 Å². The van der Waals surface area contributed by atoms with Crippen molar-refractivity contribution in [1.29, 1.82) is 4.78 Å². The third-order valence-electron chi connectivity index (χ3n) is 0.340. The molecule has 0 aliphatic carbocycles. The molecule has 0 aliphatic rings. The molecule has 0 aromatic rings. The normalized spacial score (nSPS) is 17.9. The molecule has 7 heavy (non-hydrogen) atoms. The lowest BCUT2D eigenvalue weighted by atomic mass is 11.4. The molecule has 0 spiro atoms. The fourth-order valence-corrected chi connectivity index (χ4v) is 0. The Hall–Kier alpha value is -0.550. The van der Waals surface area contributed by atoms with E-state index in [2.05, 4.69) is 13.8 Å². The van der Waals surface area contributed by atoms with Gasteiger partial charge in [-0.05, 0) is 0 Å². The van der Waals surface area contributed by atoms with Crippen LogP contribution in [0, 0.1) is 11.8 Å². The Morgan fingerprint density at radius 3 is 2.00 bits per heavy atom. The number of nitrogens with zero attached hydrogens (tertiary/aromatic N) is 1. The topological polar surface area (TPSA) is 63.8 Å². The molecule has 5 heteroatoms. The molecule has 4 nitrogen and oxygen atoms in total. The maximum absolute atomic E-state index is 9.80. The second kappa shape index (κ2) is 1.51. The van der Waals surface area contributed by atoms with E-state index in [1.807, 2.05) is 0 Å².